The van der Waals surface area contributed by atoms with Crippen LogP contribution >= 0.6 is 11.3 Å². The van der Waals surface area contributed by atoms with Gasteiger partial charge in [-0.3, -0.25) is 10.2 Å². The summed E-state index contributed by atoms with van der Waals surface area (Å²) < 4.78 is 63.0. The Balaban J connectivity index is 2.07. The highest BCUT2D eigenvalue weighted by Crippen LogP contribution is 2.19. The van der Waals surface area contributed by atoms with Gasteiger partial charge in [0, 0.05) is 5.38 Å². The van der Waals surface area contributed by atoms with E-state index in [0.29, 0.717) is 17.8 Å². The number of aromatic nitrogens is 1. The summed E-state index contributed by atoms with van der Waals surface area (Å²) in [4.78, 5) is 16.1. The van der Waals surface area contributed by atoms with Crippen molar-refractivity contribution in [2.24, 2.45) is 0 Å². The number of nitrogens with zero attached hydrogens (tertiary/aromatic N) is 1. The first kappa shape index (κ1) is 17.4. The van der Waals surface area contributed by atoms with Crippen LogP contribution in [0.25, 0.3) is 0 Å². The van der Waals surface area contributed by atoms with Crippen LogP contribution in [-0.2, 0) is 21.2 Å². The highest BCUT2D eigenvalue weighted by molar-refractivity contribution is 7.89. The zero-order valence-electron chi connectivity index (χ0n) is 11.6. The van der Waals surface area contributed by atoms with Gasteiger partial charge in [-0.05, 0) is 19.1 Å². The van der Waals surface area contributed by atoms with Crippen LogP contribution in [-0.4, -0.2) is 19.3 Å². The minimum Gasteiger partial charge on any atom is -0.277 e. The van der Waals surface area contributed by atoms with E-state index in [0.717, 1.165) is 5.01 Å². The average molecular weight is 365 g/mol. The molecule has 0 aliphatic rings. The minimum atomic E-state index is -4.59. The molecule has 23 heavy (non-hydrogen) atoms. The highest BCUT2D eigenvalue weighted by Gasteiger charge is 2.24. The normalized spacial score (nSPS) is 11.5. The molecule has 0 unspecified atom stereocenters. The number of hydrogen-bond donors (Lipinski definition) is 2. The Labute approximate surface area is 133 Å². The topological polar surface area (TPSA) is 88.2 Å². The second-order valence-corrected chi connectivity index (χ2v) is 7.07. The Morgan fingerprint density at radius 2 is 1.96 bits per heavy atom. The number of hydrazine groups is 1. The lowest BCUT2D eigenvalue weighted by molar-refractivity contribution is -0.120. The Kier molecular flexibility index (Phi) is 5.02. The molecule has 1 aromatic carbocycles. The van der Waals surface area contributed by atoms with E-state index >= 15 is 0 Å². The van der Waals surface area contributed by atoms with Gasteiger partial charge in [-0.2, -0.15) is 0 Å². The number of thiazole rings is 1. The molecule has 2 aromatic rings. The maximum absolute atomic E-state index is 13.5. The molecule has 0 aliphatic carbocycles. The first-order chi connectivity index (χ1) is 10.7. The smallest absolute Gasteiger partial charge is 0.260 e. The third-order valence-corrected chi connectivity index (χ3v) is 4.71. The molecule has 0 saturated heterocycles. The van der Waals surface area contributed by atoms with E-state index in [1.165, 1.54) is 11.3 Å². The van der Waals surface area contributed by atoms with E-state index in [2.05, 4.69) is 4.98 Å². The number of carbonyl (C=O) groups excluding carboxylic acids is 1. The first-order valence-electron chi connectivity index (χ1n) is 6.06. The molecular weight excluding hydrogens is 355 g/mol. The summed E-state index contributed by atoms with van der Waals surface area (Å²) in [6.45, 7) is 1.74. The molecule has 0 atom stereocenters. The molecule has 2 N–H and O–H groups in total. The van der Waals surface area contributed by atoms with E-state index in [1.54, 1.807) is 17.1 Å². The van der Waals surface area contributed by atoms with Crippen LogP contribution in [0.3, 0.4) is 0 Å². The van der Waals surface area contributed by atoms with Crippen LogP contribution in [0.15, 0.2) is 22.4 Å². The predicted molar refractivity (Wildman–Crippen MR) is 75.3 cm³/mol. The van der Waals surface area contributed by atoms with Crippen molar-refractivity contribution in [3.8, 4) is 0 Å². The second-order valence-electron chi connectivity index (χ2n) is 4.36. The summed E-state index contributed by atoms with van der Waals surface area (Å²) in [5, 5.41) is 2.36. The number of aryl methyl sites for hydroxylation is 1. The summed E-state index contributed by atoms with van der Waals surface area (Å²) in [5.41, 5.74) is 2.28. The lowest BCUT2D eigenvalue weighted by atomic mass is 10.3. The van der Waals surface area contributed by atoms with Gasteiger partial charge in [-0.15, -0.1) is 16.2 Å². The number of rotatable bonds is 5. The number of nitrogens with one attached hydrogen (secondary N) is 2. The summed E-state index contributed by atoms with van der Waals surface area (Å²) in [5.74, 6) is -6.06. The van der Waals surface area contributed by atoms with Crippen LogP contribution in [0, 0.1) is 24.4 Å². The van der Waals surface area contributed by atoms with Gasteiger partial charge in [0.1, 0.15) is 4.90 Å². The highest BCUT2D eigenvalue weighted by atomic mass is 32.2. The second kappa shape index (κ2) is 6.64. The number of hydrogen-bond acceptors (Lipinski definition) is 5. The fraction of sp³-hybridized carbons (Fsp3) is 0.167. The molecule has 0 spiro atoms. The fourth-order valence-corrected chi connectivity index (χ4v) is 3.14. The van der Waals surface area contributed by atoms with Crippen molar-refractivity contribution in [3.63, 3.8) is 0 Å². The summed E-state index contributed by atoms with van der Waals surface area (Å²) in [7, 11) is -4.59. The van der Waals surface area contributed by atoms with Crippen LogP contribution in [0.4, 0.5) is 13.2 Å². The van der Waals surface area contributed by atoms with Gasteiger partial charge >= 0.3 is 0 Å². The van der Waals surface area contributed by atoms with Crippen LogP contribution in [0.5, 0.6) is 0 Å². The molecule has 2 rings (SSSR count). The van der Waals surface area contributed by atoms with E-state index < -0.39 is 38.3 Å². The van der Waals surface area contributed by atoms with Gasteiger partial charge in [0.2, 0.25) is 5.91 Å². The van der Waals surface area contributed by atoms with Crippen LogP contribution in [0.2, 0.25) is 0 Å². The number of benzene rings is 1. The maximum Gasteiger partial charge on any atom is 0.260 e. The molecule has 11 heteroatoms. The monoisotopic (exact) mass is 365 g/mol. The quantitative estimate of drug-likeness (QED) is 0.620. The Bertz CT molecular complexity index is 852. The van der Waals surface area contributed by atoms with Gasteiger partial charge in [0.25, 0.3) is 10.0 Å². The van der Waals surface area contributed by atoms with Crippen molar-refractivity contribution in [3.05, 3.63) is 45.7 Å². The van der Waals surface area contributed by atoms with E-state index in [4.69, 9.17) is 0 Å². The molecule has 0 aliphatic heterocycles. The molecule has 1 amide bonds. The van der Waals surface area contributed by atoms with Crippen LogP contribution in [0.1, 0.15) is 10.7 Å². The van der Waals surface area contributed by atoms with Crippen molar-refractivity contribution in [1.29, 1.82) is 0 Å². The molecular formula is C12H10F3N3O3S2. The summed E-state index contributed by atoms with van der Waals surface area (Å²) in [6, 6.07) is 1.01. The van der Waals surface area contributed by atoms with Gasteiger partial charge in [0.15, 0.2) is 17.5 Å². The lowest BCUT2D eigenvalue weighted by Crippen LogP contribution is -2.42. The standard InChI is InChI=1S/C12H10F3N3O3S2/c1-6-16-7(5-22-6)4-10(19)17-18-23(20,21)9-3-2-8(13)11(14)12(9)15/h2-3,5,18H,4H2,1H3,(H,17,19). The van der Waals surface area contributed by atoms with Crippen molar-refractivity contribution >= 4 is 27.3 Å². The summed E-state index contributed by atoms with van der Waals surface area (Å²) in [6.07, 6.45) is -0.201. The zero-order chi connectivity index (χ0) is 17.2. The van der Waals surface area contributed by atoms with Gasteiger partial charge in [-0.1, -0.05) is 0 Å². The fourth-order valence-electron chi connectivity index (χ4n) is 1.59. The SMILES string of the molecule is Cc1nc(CC(=O)NNS(=O)(=O)c2ccc(F)c(F)c2F)cs1. The molecule has 0 saturated carbocycles. The number of amides is 1. The minimum absolute atomic E-state index is 0.201. The van der Waals surface area contributed by atoms with Crippen molar-refractivity contribution < 1.29 is 26.4 Å². The molecule has 124 valence electrons. The lowest BCUT2D eigenvalue weighted by Gasteiger charge is -2.09. The van der Waals surface area contributed by atoms with Gasteiger partial charge in [0.05, 0.1) is 17.1 Å². The van der Waals surface area contributed by atoms with Crippen molar-refractivity contribution in [2.45, 2.75) is 18.2 Å². The molecule has 0 fully saturated rings. The van der Waals surface area contributed by atoms with E-state index in [-0.39, 0.29) is 6.42 Å². The third kappa shape index (κ3) is 4.06. The zero-order valence-corrected chi connectivity index (χ0v) is 13.2. The Morgan fingerprint density at radius 1 is 1.26 bits per heavy atom. The summed E-state index contributed by atoms with van der Waals surface area (Å²) >= 11 is 1.32. The molecule has 0 bridgehead atoms. The third-order valence-electron chi connectivity index (χ3n) is 2.62. The average Bonchev–Trinajstić information content (AvgIpc) is 2.88. The molecule has 1 aromatic heterocycles. The number of halogens is 3. The Morgan fingerprint density at radius 3 is 2.57 bits per heavy atom. The first-order valence-corrected chi connectivity index (χ1v) is 8.42. The predicted octanol–water partition coefficient (Wildman–Crippen LogP) is 1.42. The van der Waals surface area contributed by atoms with Crippen LogP contribution < -0.4 is 10.3 Å². The molecule has 0 radical (unpaired) electrons. The molecule has 6 nitrogen and oxygen atoms in total. The largest absolute Gasteiger partial charge is 0.277 e. The number of carbonyl (C=O) groups is 1. The van der Waals surface area contributed by atoms with Crippen molar-refractivity contribution in [2.75, 3.05) is 0 Å². The van der Waals surface area contributed by atoms with E-state index in [9.17, 15) is 26.4 Å². The molecule has 1 heterocycles. The van der Waals surface area contributed by atoms with E-state index in [1.807, 2.05) is 5.43 Å². The number of sulfonamides is 1. The maximum atomic E-state index is 13.5. The van der Waals surface area contributed by atoms with Gasteiger partial charge < -0.3 is 0 Å². The van der Waals surface area contributed by atoms with Crippen molar-refractivity contribution in [1.82, 2.24) is 15.2 Å². The Hall–Kier alpha value is -1.98. The van der Waals surface area contributed by atoms with Gasteiger partial charge in [-0.25, -0.2) is 26.6 Å².